The van der Waals surface area contributed by atoms with Gasteiger partial charge in [-0.25, -0.2) is 9.78 Å². The van der Waals surface area contributed by atoms with Crippen molar-refractivity contribution in [3.05, 3.63) is 52.7 Å². The van der Waals surface area contributed by atoms with Crippen molar-refractivity contribution in [2.75, 3.05) is 11.9 Å². The van der Waals surface area contributed by atoms with Crippen LogP contribution in [0.4, 0.5) is 18.9 Å². The molecule has 6 nitrogen and oxygen atoms in total. The molecule has 0 aliphatic carbocycles. The van der Waals surface area contributed by atoms with Crippen LogP contribution in [0.15, 0.2) is 35.4 Å². The Balaban J connectivity index is 2.18. The molecule has 1 N–H and O–H groups in total. The van der Waals surface area contributed by atoms with Crippen LogP contribution in [0, 0.1) is 18.3 Å². The van der Waals surface area contributed by atoms with Crippen molar-refractivity contribution >= 4 is 29.3 Å². The quantitative estimate of drug-likeness (QED) is 0.526. The molecule has 0 saturated carbocycles. The number of hydrogen-bond acceptors (Lipinski definition) is 6. The lowest BCUT2D eigenvalue weighted by Crippen LogP contribution is -2.23. The molecule has 2 rings (SSSR count). The van der Waals surface area contributed by atoms with Crippen LogP contribution in [-0.2, 0) is 15.7 Å². The molecule has 1 aromatic heterocycles. The second kappa shape index (κ2) is 9.63. The molecule has 0 aliphatic rings. The number of aromatic nitrogens is 1. The zero-order valence-corrected chi connectivity index (χ0v) is 17.1. The van der Waals surface area contributed by atoms with Crippen molar-refractivity contribution in [3.63, 3.8) is 0 Å². The van der Waals surface area contributed by atoms with Crippen molar-refractivity contribution in [1.29, 1.82) is 5.26 Å². The van der Waals surface area contributed by atoms with E-state index in [0.717, 1.165) is 23.9 Å². The van der Waals surface area contributed by atoms with Crippen molar-refractivity contribution in [2.24, 2.45) is 0 Å². The number of hydrogen-bond donors (Lipinski definition) is 1. The van der Waals surface area contributed by atoms with Crippen LogP contribution >= 0.6 is 11.8 Å². The van der Waals surface area contributed by atoms with Crippen molar-refractivity contribution in [2.45, 2.75) is 37.2 Å². The number of carbonyl (C=O) groups excluding carboxylic acids is 2. The van der Waals surface area contributed by atoms with Crippen molar-refractivity contribution < 1.29 is 27.5 Å². The average Bonchev–Trinajstić information content (AvgIpc) is 2.67. The van der Waals surface area contributed by atoms with E-state index in [1.54, 1.807) is 13.8 Å². The maximum absolute atomic E-state index is 12.8. The van der Waals surface area contributed by atoms with Gasteiger partial charge in [0.15, 0.2) is 0 Å². The lowest BCUT2D eigenvalue weighted by molar-refractivity contribution is -0.137. The third-order valence-corrected chi connectivity index (χ3v) is 5.01. The van der Waals surface area contributed by atoms with Gasteiger partial charge in [-0.05, 0) is 45.0 Å². The molecule has 0 aliphatic heterocycles. The summed E-state index contributed by atoms with van der Waals surface area (Å²) in [5.41, 5.74) is -0.296. The highest BCUT2D eigenvalue weighted by molar-refractivity contribution is 8.00. The predicted octanol–water partition coefficient (Wildman–Crippen LogP) is 4.58. The monoisotopic (exact) mass is 437 g/mol. The second-order valence-corrected chi connectivity index (χ2v) is 7.46. The Morgan fingerprint density at radius 2 is 2.03 bits per heavy atom. The Morgan fingerprint density at radius 3 is 2.63 bits per heavy atom. The van der Waals surface area contributed by atoms with Gasteiger partial charge in [-0.15, -0.1) is 0 Å². The molecular weight excluding hydrogens is 419 g/mol. The molecule has 0 fully saturated rings. The van der Waals surface area contributed by atoms with E-state index in [4.69, 9.17) is 4.74 Å². The first-order chi connectivity index (χ1) is 14.1. The molecule has 1 heterocycles. The minimum Gasteiger partial charge on any atom is -0.462 e. The summed E-state index contributed by atoms with van der Waals surface area (Å²) in [5.74, 6) is -1.16. The number of ether oxygens (including phenoxy) is 1. The lowest BCUT2D eigenvalue weighted by Gasteiger charge is -2.15. The van der Waals surface area contributed by atoms with E-state index >= 15 is 0 Å². The van der Waals surface area contributed by atoms with Gasteiger partial charge in [0.05, 0.1) is 34.2 Å². The van der Waals surface area contributed by atoms with E-state index < -0.39 is 28.9 Å². The minimum absolute atomic E-state index is 0.00424. The Labute approximate surface area is 175 Å². The number of carbonyl (C=O) groups is 2. The third-order valence-electron chi connectivity index (χ3n) is 3.91. The number of nitriles is 1. The highest BCUT2D eigenvalue weighted by Crippen LogP contribution is 2.31. The summed E-state index contributed by atoms with van der Waals surface area (Å²) in [6.07, 6.45) is -4.52. The first-order valence-corrected chi connectivity index (χ1v) is 9.68. The minimum atomic E-state index is -4.52. The predicted molar refractivity (Wildman–Crippen MR) is 105 cm³/mol. The van der Waals surface area contributed by atoms with Crippen LogP contribution in [-0.4, -0.2) is 28.7 Å². The number of alkyl halides is 3. The molecular formula is C20H18F3N3O3S. The average molecular weight is 437 g/mol. The SMILES string of the molecule is CCOC(=O)c1cc(C#N)c(SC(C)C(=O)Nc2cccc(C(F)(F)F)c2)nc1C. The van der Waals surface area contributed by atoms with E-state index in [1.165, 1.54) is 25.1 Å². The molecule has 0 spiro atoms. The van der Waals surface area contributed by atoms with Gasteiger partial charge >= 0.3 is 12.1 Å². The molecule has 0 saturated heterocycles. The van der Waals surface area contributed by atoms with Gasteiger partial charge in [-0.3, -0.25) is 4.79 Å². The number of aryl methyl sites for hydroxylation is 1. The number of esters is 1. The van der Waals surface area contributed by atoms with E-state index in [-0.39, 0.29) is 28.4 Å². The Kier molecular flexibility index (Phi) is 7.45. The molecule has 10 heteroatoms. The molecule has 1 unspecified atom stereocenters. The van der Waals surface area contributed by atoms with Crippen LogP contribution in [0.5, 0.6) is 0 Å². The summed E-state index contributed by atoms with van der Waals surface area (Å²) in [6.45, 7) is 4.93. The standard InChI is InChI=1S/C20H18F3N3O3S/c1-4-29-19(28)16-8-13(10-24)18(25-11(16)2)30-12(3)17(27)26-15-7-5-6-14(9-15)20(21,22)23/h5-9,12H,4H2,1-3H3,(H,26,27). The topological polar surface area (TPSA) is 92.1 Å². The summed E-state index contributed by atoms with van der Waals surface area (Å²) in [6, 6.07) is 7.57. The van der Waals surface area contributed by atoms with Gasteiger partial charge in [-0.2, -0.15) is 18.4 Å². The van der Waals surface area contributed by atoms with Gasteiger partial charge in [0.25, 0.3) is 0 Å². The van der Waals surface area contributed by atoms with Crippen LogP contribution in [0.3, 0.4) is 0 Å². The van der Waals surface area contributed by atoms with Crippen LogP contribution in [0.1, 0.15) is 41.0 Å². The first-order valence-electron chi connectivity index (χ1n) is 8.80. The van der Waals surface area contributed by atoms with Gasteiger partial charge in [-0.1, -0.05) is 17.8 Å². The summed E-state index contributed by atoms with van der Waals surface area (Å²) < 4.78 is 43.4. The fourth-order valence-corrected chi connectivity index (χ4v) is 3.33. The maximum Gasteiger partial charge on any atom is 0.416 e. The number of amides is 1. The maximum atomic E-state index is 12.8. The summed E-state index contributed by atoms with van der Waals surface area (Å²) in [5, 5.41) is 11.3. The first kappa shape index (κ1) is 23.2. The summed E-state index contributed by atoms with van der Waals surface area (Å²) >= 11 is 0.960. The number of thioether (sulfide) groups is 1. The Hall–Kier alpha value is -3.06. The van der Waals surface area contributed by atoms with E-state index in [0.29, 0.717) is 5.69 Å². The summed E-state index contributed by atoms with van der Waals surface area (Å²) in [7, 11) is 0. The highest BCUT2D eigenvalue weighted by Gasteiger charge is 2.30. The zero-order chi connectivity index (χ0) is 22.5. The van der Waals surface area contributed by atoms with Gasteiger partial charge in [0.2, 0.25) is 5.91 Å². The number of nitrogens with zero attached hydrogens (tertiary/aromatic N) is 2. The molecule has 0 radical (unpaired) electrons. The second-order valence-electron chi connectivity index (χ2n) is 6.13. The number of nitrogens with one attached hydrogen (secondary N) is 1. The van der Waals surface area contributed by atoms with Gasteiger partial charge < -0.3 is 10.1 Å². The summed E-state index contributed by atoms with van der Waals surface area (Å²) in [4.78, 5) is 28.6. The van der Waals surface area contributed by atoms with Crippen LogP contribution in [0.25, 0.3) is 0 Å². The van der Waals surface area contributed by atoms with E-state index in [2.05, 4.69) is 10.3 Å². The van der Waals surface area contributed by atoms with Gasteiger partial charge in [0, 0.05) is 5.69 Å². The molecule has 0 bridgehead atoms. The Morgan fingerprint density at radius 1 is 1.33 bits per heavy atom. The Bertz CT molecular complexity index is 1000. The fourth-order valence-electron chi connectivity index (χ4n) is 2.41. The molecule has 158 valence electrons. The fraction of sp³-hybridized carbons (Fsp3) is 0.300. The normalized spacial score (nSPS) is 12.0. The number of rotatable bonds is 6. The van der Waals surface area contributed by atoms with E-state index in [1.807, 2.05) is 6.07 Å². The lowest BCUT2D eigenvalue weighted by atomic mass is 10.1. The van der Waals surface area contributed by atoms with Gasteiger partial charge in [0.1, 0.15) is 11.1 Å². The molecule has 2 aromatic rings. The number of benzene rings is 1. The molecule has 30 heavy (non-hydrogen) atoms. The number of pyridine rings is 1. The number of anilines is 1. The zero-order valence-electron chi connectivity index (χ0n) is 16.3. The number of halogens is 3. The molecule has 1 atom stereocenters. The van der Waals surface area contributed by atoms with Crippen molar-refractivity contribution in [1.82, 2.24) is 4.98 Å². The van der Waals surface area contributed by atoms with E-state index in [9.17, 15) is 28.0 Å². The molecule has 1 amide bonds. The van der Waals surface area contributed by atoms with Crippen LogP contribution in [0.2, 0.25) is 0 Å². The largest absolute Gasteiger partial charge is 0.462 e. The van der Waals surface area contributed by atoms with Crippen LogP contribution < -0.4 is 5.32 Å². The smallest absolute Gasteiger partial charge is 0.416 e. The highest BCUT2D eigenvalue weighted by atomic mass is 32.2. The third kappa shape index (κ3) is 5.73. The molecule has 1 aromatic carbocycles. The van der Waals surface area contributed by atoms with Crippen molar-refractivity contribution in [3.8, 4) is 6.07 Å².